The van der Waals surface area contributed by atoms with Crippen LogP contribution in [-0.2, 0) is 0 Å². The fourth-order valence-corrected chi connectivity index (χ4v) is 37.7. The quantitative estimate of drug-likeness (QED) is 0.413. The molecule has 0 fully saturated rings. The van der Waals surface area contributed by atoms with Gasteiger partial charge in [-0.3, -0.25) is 0 Å². The Balaban J connectivity index is 3.71. The third-order valence-electron chi connectivity index (χ3n) is 3.91. The second-order valence-electron chi connectivity index (χ2n) is 8.77. The first-order valence-electron chi connectivity index (χ1n) is 8.30. The molecule has 0 aliphatic carbocycles. The van der Waals surface area contributed by atoms with Crippen molar-refractivity contribution in [3.63, 3.8) is 0 Å². The minimum absolute atomic E-state index is 0.0334. The fourth-order valence-electron chi connectivity index (χ4n) is 3.45. The highest BCUT2D eigenvalue weighted by Gasteiger charge is 2.40. The molecule has 1 aromatic carbocycles. The molecule has 0 nitrogen and oxygen atoms in total. The molecule has 1 rings (SSSR count). The van der Waals surface area contributed by atoms with Gasteiger partial charge in [-0.15, -0.1) is 0 Å². The van der Waals surface area contributed by atoms with Crippen LogP contribution in [0.4, 0.5) is 0 Å². The number of benzene rings is 1. The normalized spacial score (nSPS) is 13.6. The van der Waals surface area contributed by atoms with Gasteiger partial charge in [0.05, 0.1) is 15.5 Å². The summed E-state index contributed by atoms with van der Waals surface area (Å²) in [4.78, 5) is 0. The average Bonchev–Trinajstić information content (AvgIpc) is 2.24. The van der Waals surface area contributed by atoms with Gasteiger partial charge in [0.15, 0.2) is 0 Å². The van der Waals surface area contributed by atoms with Crippen LogP contribution >= 0.6 is 7.02 Å². The lowest BCUT2D eigenvalue weighted by Crippen LogP contribution is -2.40. The Bertz CT molecular complexity index is 439. The summed E-state index contributed by atoms with van der Waals surface area (Å²) in [6.45, 7) is 25.0. The van der Waals surface area contributed by atoms with E-state index < -0.39 is 15.5 Å². The van der Waals surface area contributed by atoms with Crippen molar-refractivity contribution >= 4 is 27.8 Å². The maximum Gasteiger partial charge on any atom is 0.0730 e. The van der Waals surface area contributed by atoms with Crippen molar-refractivity contribution in [2.24, 2.45) is 0 Å². The lowest BCUT2D eigenvalue weighted by atomic mass is 9.95. The van der Waals surface area contributed by atoms with E-state index in [0.29, 0.717) is 11.8 Å². The number of hydrogen-bond donors (Lipinski definition) is 0. The molecule has 0 amide bonds. The van der Waals surface area contributed by atoms with Crippen molar-refractivity contribution in [1.82, 2.24) is 0 Å². The van der Waals surface area contributed by atoms with E-state index in [0.717, 1.165) is 0 Å². The van der Waals surface area contributed by atoms with Crippen LogP contribution in [0.15, 0.2) is 18.2 Å². The SMILES string of the molecule is CC(C)c1cccc(C(C)C)c1P([Si](C)(C)C)[Si](C)(C)C. The van der Waals surface area contributed by atoms with Gasteiger partial charge in [-0.1, -0.05) is 92.2 Å². The average molecular weight is 339 g/mol. The summed E-state index contributed by atoms with van der Waals surface area (Å²) in [5, 5.41) is 1.80. The topological polar surface area (TPSA) is 0 Å². The predicted molar refractivity (Wildman–Crippen MR) is 108 cm³/mol. The molecule has 0 atom stereocenters. The second-order valence-corrected chi connectivity index (χ2v) is 30.6. The van der Waals surface area contributed by atoms with Crippen LogP contribution < -0.4 is 5.30 Å². The van der Waals surface area contributed by atoms with Crippen molar-refractivity contribution in [2.45, 2.75) is 78.8 Å². The smallest absolute Gasteiger partial charge is 0.0730 e. The lowest BCUT2D eigenvalue weighted by Gasteiger charge is -2.42. The molecule has 0 spiro atoms. The van der Waals surface area contributed by atoms with Crippen LogP contribution in [0.2, 0.25) is 39.3 Å². The molecule has 0 aliphatic rings. The van der Waals surface area contributed by atoms with Gasteiger partial charge in [0.25, 0.3) is 0 Å². The minimum atomic E-state index is -1.19. The van der Waals surface area contributed by atoms with Gasteiger partial charge in [-0.25, -0.2) is 0 Å². The summed E-state index contributed by atoms with van der Waals surface area (Å²) >= 11 is 0. The van der Waals surface area contributed by atoms with E-state index in [2.05, 4.69) is 85.2 Å². The Morgan fingerprint density at radius 2 is 1.05 bits per heavy atom. The zero-order valence-electron chi connectivity index (χ0n) is 15.8. The van der Waals surface area contributed by atoms with Crippen molar-refractivity contribution in [3.05, 3.63) is 29.3 Å². The summed E-state index contributed by atoms with van der Waals surface area (Å²) in [7, 11) is -2.35. The first-order valence-corrected chi connectivity index (χ1v) is 18.3. The van der Waals surface area contributed by atoms with Gasteiger partial charge in [0.1, 0.15) is 0 Å². The summed E-state index contributed by atoms with van der Waals surface area (Å²) in [5.41, 5.74) is 3.27. The molecule has 0 N–H and O–H groups in total. The van der Waals surface area contributed by atoms with Crippen molar-refractivity contribution in [1.29, 1.82) is 0 Å². The van der Waals surface area contributed by atoms with E-state index in [-0.39, 0.29) is 7.02 Å². The van der Waals surface area contributed by atoms with E-state index in [1.807, 2.05) is 0 Å². The summed E-state index contributed by atoms with van der Waals surface area (Å²) in [6.07, 6.45) is 0. The van der Waals surface area contributed by atoms with Gasteiger partial charge < -0.3 is 0 Å². The third kappa shape index (κ3) is 4.53. The van der Waals surface area contributed by atoms with Crippen molar-refractivity contribution in [2.75, 3.05) is 0 Å². The molecular weight excluding hydrogens is 303 g/mol. The summed E-state index contributed by atoms with van der Waals surface area (Å²) in [5.74, 6) is 1.27. The fraction of sp³-hybridized carbons (Fsp3) is 0.667. The number of hydrogen-bond acceptors (Lipinski definition) is 0. The Labute approximate surface area is 136 Å². The van der Waals surface area contributed by atoms with Crippen molar-refractivity contribution in [3.8, 4) is 0 Å². The van der Waals surface area contributed by atoms with Crippen molar-refractivity contribution < 1.29 is 0 Å². The molecule has 21 heavy (non-hydrogen) atoms. The van der Waals surface area contributed by atoms with Gasteiger partial charge >= 0.3 is 0 Å². The monoisotopic (exact) mass is 338 g/mol. The van der Waals surface area contributed by atoms with Gasteiger partial charge in [-0.05, 0) is 28.3 Å². The van der Waals surface area contributed by atoms with Crippen LogP contribution in [0.5, 0.6) is 0 Å². The van der Waals surface area contributed by atoms with E-state index >= 15 is 0 Å². The largest absolute Gasteiger partial charge is 0.0991 e. The molecule has 0 bridgehead atoms. The first kappa shape index (κ1) is 19.1. The molecule has 0 unspecified atom stereocenters. The Kier molecular flexibility index (Phi) is 6.09. The van der Waals surface area contributed by atoms with E-state index in [9.17, 15) is 0 Å². The van der Waals surface area contributed by atoms with Crippen LogP contribution in [0, 0.1) is 0 Å². The van der Waals surface area contributed by atoms with Crippen LogP contribution in [-0.4, -0.2) is 15.5 Å². The molecule has 3 heteroatoms. The van der Waals surface area contributed by atoms with Gasteiger partial charge in [0, 0.05) is 0 Å². The third-order valence-corrected chi connectivity index (χ3v) is 29.0. The Morgan fingerprint density at radius 1 is 0.714 bits per heavy atom. The molecule has 1 aromatic rings. The summed E-state index contributed by atoms with van der Waals surface area (Å²) < 4.78 is 0. The zero-order valence-corrected chi connectivity index (χ0v) is 18.7. The molecule has 120 valence electrons. The molecular formula is C18H35PSi2. The van der Waals surface area contributed by atoms with Crippen LogP contribution in [0.25, 0.3) is 0 Å². The molecule has 0 aliphatic heterocycles. The van der Waals surface area contributed by atoms with Gasteiger partial charge in [0.2, 0.25) is 0 Å². The molecule has 0 saturated heterocycles. The number of rotatable bonds is 5. The summed E-state index contributed by atoms with van der Waals surface area (Å²) in [6, 6.07) is 7.10. The molecule has 0 radical (unpaired) electrons. The molecule has 0 aromatic heterocycles. The van der Waals surface area contributed by atoms with E-state index in [1.54, 1.807) is 16.4 Å². The Morgan fingerprint density at radius 3 is 1.29 bits per heavy atom. The molecule has 0 heterocycles. The maximum absolute atomic E-state index is 2.60. The highest BCUT2D eigenvalue weighted by Crippen LogP contribution is 2.56. The standard InChI is InChI=1S/C18H35PSi2/c1-14(2)16-12-11-13-17(15(3)4)18(16)19(20(5,6)7)21(8,9)10/h11-15H,1-10H3. The van der Waals surface area contributed by atoms with Crippen LogP contribution in [0.1, 0.15) is 50.7 Å². The zero-order chi connectivity index (χ0) is 16.6. The lowest BCUT2D eigenvalue weighted by molar-refractivity contribution is 0.846. The van der Waals surface area contributed by atoms with Crippen LogP contribution in [0.3, 0.4) is 0 Å². The minimum Gasteiger partial charge on any atom is -0.0991 e. The first-order chi connectivity index (χ1) is 9.37. The second kappa shape index (κ2) is 6.68. The highest BCUT2D eigenvalue weighted by atomic mass is 31.6. The van der Waals surface area contributed by atoms with E-state index in [1.165, 1.54) is 0 Å². The highest BCUT2D eigenvalue weighted by molar-refractivity contribution is 8.22. The van der Waals surface area contributed by atoms with E-state index in [4.69, 9.17) is 0 Å². The predicted octanol–water partition coefficient (Wildman–Crippen LogP) is 6.71. The molecule has 0 saturated carbocycles. The van der Waals surface area contributed by atoms with Gasteiger partial charge in [-0.2, -0.15) is 0 Å². The maximum atomic E-state index is 2.60. The Hall–Kier alpha value is 0.0838.